The summed E-state index contributed by atoms with van der Waals surface area (Å²) in [5.41, 5.74) is 0.447. The smallest absolute Gasteiger partial charge is 0.340 e. The van der Waals surface area contributed by atoms with E-state index in [1.54, 1.807) is 49.5 Å². The maximum absolute atomic E-state index is 13.0. The van der Waals surface area contributed by atoms with Crippen LogP contribution in [0.3, 0.4) is 0 Å². The van der Waals surface area contributed by atoms with E-state index in [1.807, 2.05) is 0 Å². The van der Waals surface area contributed by atoms with Crippen LogP contribution in [-0.4, -0.2) is 49.8 Å². The lowest BCUT2D eigenvalue weighted by atomic mass is 10.2. The van der Waals surface area contributed by atoms with Crippen molar-refractivity contribution in [3.05, 3.63) is 66.5 Å². The predicted octanol–water partition coefficient (Wildman–Crippen LogP) is 2.67. The molecule has 8 nitrogen and oxygen atoms in total. The second-order valence-corrected chi connectivity index (χ2v) is 8.44. The average molecular weight is 427 g/mol. The van der Waals surface area contributed by atoms with Crippen molar-refractivity contribution in [2.24, 2.45) is 0 Å². The van der Waals surface area contributed by atoms with E-state index in [1.165, 1.54) is 25.4 Å². The number of benzene rings is 2. The van der Waals surface area contributed by atoms with Gasteiger partial charge in [-0.15, -0.1) is 0 Å². The number of esters is 1. The molecule has 0 bridgehead atoms. The molecule has 0 aliphatic rings. The molecule has 0 unspecified atom stereocenters. The molecule has 0 fully saturated rings. The fourth-order valence-electron chi connectivity index (χ4n) is 2.94. The Balaban J connectivity index is 1.80. The molecular formula is C21H21N3O5S. The van der Waals surface area contributed by atoms with Crippen molar-refractivity contribution in [3.8, 4) is 0 Å². The van der Waals surface area contributed by atoms with E-state index >= 15 is 0 Å². The fraction of sp³-hybridized carbons (Fsp3) is 0.190. The molecule has 9 heteroatoms. The minimum atomic E-state index is -3.93. The topological polar surface area (TPSA) is 106 Å². The summed E-state index contributed by atoms with van der Waals surface area (Å²) in [4.78, 5) is 28.7. The molecule has 0 saturated carbocycles. The maximum Gasteiger partial charge on any atom is 0.340 e. The summed E-state index contributed by atoms with van der Waals surface area (Å²) in [5, 5.41) is 3.79. The second kappa shape index (κ2) is 9.02. The van der Waals surface area contributed by atoms with E-state index < -0.39 is 28.4 Å². The number of carbonyl (C=O) groups excluding carboxylic acids is 2. The van der Waals surface area contributed by atoms with Crippen LogP contribution >= 0.6 is 0 Å². The summed E-state index contributed by atoms with van der Waals surface area (Å²) >= 11 is 0. The molecule has 0 spiro atoms. The van der Waals surface area contributed by atoms with Crippen molar-refractivity contribution in [2.45, 2.75) is 11.8 Å². The van der Waals surface area contributed by atoms with Gasteiger partial charge in [0.2, 0.25) is 15.9 Å². The summed E-state index contributed by atoms with van der Waals surface area (Å²) in [5.74, 6) is -1.15. The molecule has 0 saturated heterocycles. The van der Waals surface area contributed by atoms with Crippen molar-refractivity contribution in [3.63, 3.8) is 0 Å². The molecule has 0 aliphatic heterocycles. The molecule has 1 N–H and O–H groups in total. The molecule has 0 radical (unpaired) electrons. The lowest BCUT2D eigenvalue weighted by Crippen LogP contribution is -2.35. The Kier molecular flexibility index (Phi) is 6.43. The van der Waals surface area contributed by atoms with Gasteiger partial charge in [0.25, 0.3) is 0 Å². The van der Waals surface area contributed by atoms with Crippen LogP contribution in [-0.2, 0) is 19.6 Å². The number of carbonyl (C=O) groups is 2. The number of hydrogen-bond donors (Lipinski definition) is 1. The highest BCUT2D eigenvalue weighted by Gasteiger charge is 2.25. The molecule has 3 rings (SSSR count). The highest BCUT2D eigenvalue weighted by atomic mass is 32.2. The van der Waals surface area contributed by atoms with Gasteiger partial charge in [-0.2, -0.15) is 4.31 Å². The number of fused-ring (bicyclic) bond motifs is 1. The second-order valence-electron chi connectivity index (χ2n) is 6.43. The van der Waals surface area contributed by atoms with Gasteiger partial charge < -0.3 is 10.1 Å². The Morgan fingerprint density at radius 2 is 1.87 bits per heavy atom. The van der Waals surface area contributed by atoms with E-state index in [9.17, 15) is 18.0 Å². The molecule has 156 valence electrons. The van der Waals surface area contributed by atoms with Gasteiger partial charge >= 0.3 is 5.97 Å². The van der Waals surface area contributed by atoms with Crippen LogP contribution in [0.2, 0.25) is 0 Å². The zero-order valence-electron chi connectivity index (χ0n) is 16.5. The summed E-state index contributed by atoms with van der Waals surface area (Å²) in [7, 11) is -2.61. The Hall–Kier alpha value is -3.30. The lowest BCUT2D eigenvalue weighted by Gasteiger charge is -2.18. The van der Waals surface area contributed by atoms with Gasteiger partial charge in [-0.3, -0.25) is 9.78 Å². The highest BCUT2D eigenvalue weighted by Crippen LogP contribution is 2.24. The molecule has 1 heterocycles. The standard InChI is InChI=1S/C21H21N3O5S/c1-3-29-21(26)17-8-4-5-9-18(17)23-20(25)14-24(2)30(27,28)19-10-6-7-15-13-22-12-11-16(15)19/h4-13H,3,14H2,1-2H3,(H,23,25). The van der Waals surface area contributed by atoms with Gasteiger partial charge in [0, 0.05) is 30.2 Å². The Bertz CT molecular complexity index is 1190. The highest BCUT2D eigenvalue weighted by molar-refractivity contribution is 7.89. The summed E-state index contributed by atoms with van der Waals surface area (Å²) in [6.07, 6.45) is 3.09. The lowest BCUT2D eigenvalue weighted by molar-refractivity contribution is -0.116. The predicted molar refractivity (Wildman–Crippen MR) is 113 cm³/mol. The quantitative estimate of drug-likeness (QED) is 0.581. The van der Waals surface area contributed by atoms with Crippen molar-refractivity contribution in [2.75, 3.05) is 25.5 Å². The van der Waals surface area contributed by atoms with E-state index in [0.717, 1.165) is 4.31 Å². The summed E-state index contributed by atoms with van der Waals surface area (Å²) in [6.45, 7) is 1.45. The first-order valence-corrected chi connectivity index (χ1v) is 10.6. The van der Waals surface area contributed by atoms with Crippen LogP contribution in [0.1, 0.15) is 17.3 Å². The van der Waals surface area contributed by atoms with Crippen molar-refractivity contribution < 1.29 is 22.7 Å². The van der Waals surface area contributed by atoms with Crippen LogP contribution in [0, 0.1) is 0 Å². The first kappa shape index (κ1) is 21.4. The molecular weight excluding hydrogens is 406 g/mol. The number of anilines is 1. The number of rotatable bonds is 7. The average Bonchev–Trinajstić information content (AvgIpc) is 2.73. The largest absolute Gasteiger partial charge is 0.462 e. The normalized spacial score (nSPS) is 11.4. The SMILES string of the molecule is CCOC(=O)c1ccccc1NC(=O)CN(C)S(=O)(=O)c1cccc2cnccc12. The fourth-order valence-corrected chi connectivity index (χ4v) is 4.28. The number of amides is 1. The minimum Gasteiger partial charge on any atom is -0.462 e. The van der Waals surface area contributed by atoms with E-state index in [2.05, 4.69) is 10.3 Å². The number of aromatic nitrogens is 1. The third-order valence-corrected chi connectivity index (χ3v) is 6.25. The van der Waals surface area contributed by atoms with Crippen LogP contribution in [0.4, 0.5) is 5.69 Å². The number of para-hydroxylation sites is 1. The number of hydrogen-bond acceptors (Lipinski definition) is 6. The van der Waals surface area contributed by atoms with Gasteiger partial charge in [-0.1, -0.05) is 24.3 Å². The van der Waals surface area contributed by atoms with E-state index in [0.29, 0.717) is 10.8 Å². The zero-order valence-corrected chi connectivity index (χ0v) is 17.3. The number of pyridine rings is 1. The van der Waals surface area contributed by atoms with Crippen molar-refractivity contribution in [1.82, 2.24) is 9.29 Å². The number of nitrogens with zero attached hydrogens (tertiary/aromatic N) is 2. The van der Waals surface area contributed by atoms with Gasteiger partial charge in [-0.05, 0) is 31.2 Å². The van der Waals surface area contributed by atoms with Crippen LogP contribution in [0.25, 0.3) is 10.8 Å². The Morgan fingerprint density at radius 1 is 1.10 bits per heavy atom. The molecule has 3 aromatic rings. The van der Waals surface area contributed by atoms with Crippen LogP contribution in [0.5, 0.6) is 0 Å². The third kappa shape index (κ3) is 4.47. The summed E-state index contributed by atoms with van der Waals surface area (Å²) < 4.78 is 32.0. The number of sulfonamides is 1. The summed E-state index contributed by atoms with van der Waals surface area (Å²) in [6, 6.07) is 12.9. The number of nitrogens with one attached hydrogen (secondary N) is 1. The number of ether oxygens (including phenoxy) is 1. The third-order valence-electron chi connectivity index (χ3n) is 4.39. The number of likely N-dealkylation sites (N-methyl/N-ethyl adjacent to an activating group) is 1. The van der Waals surface area contributed by atoms with Crippen molar-refractivity contribution >= 4 is 38.4 Å². The van der Waals surface area contributed by atoms with Gasteiger partial charge in [0.05, 0.1) is 29.3 Å². The Morgan fingerprint density at radius 3 is 2.63 bits per heavy atom. The minimum absolute atomic E-state index is 0.0876. The molecule has 0 aliphatic carbocycles. The van der Waals surface area contributed by atoms with Crippen LogP contribution < -0.4 is 5.32 Å². The first-order chi connectivity index (χ1) is 14.3. The van der Waals surface area contributed by atoms with Crippen molar-refractivity contribution in [1.29, 1.82) is 0 Å². The molecule has 0 atom stereocenters. The molecule has 1 aromatic heterocycles. The van der Waals surface area contributed by atoms with Gasteiger partial charge in [0.1, 0.15) is 0 Å². The molecule has 2 aromatic carbocycles. The Labute approximate surface area is 174 Å². The molecule has 30 heavy (non-hydrogen) atoms. The first-order valence-electron chi connectivity index (χ1n) is 9.19. The van der Waals surface area contributed by atoms with Gasteiger partial charge in [0.15, 0.2) is 0 Å². The van der Waals surface area contributed by atoms with E-state index in [-0.39, 0.29) is 22.8 Å². The zero-order chi connectivity index (χ0) is 21.7. The monoisotopic (exact) mass is 427 g/mol. The van der Waals surface area contributed by atoms with Gasteiger partial charge in [-0.25, -0.2) is 13.2 Å². The van der Waals surface area contributed by atoms with E-state index in [4.69, 9.17) is 4.74 Å². The molecule has 1 amide bonds. The van der Waals surface area contributed by atoms with Crippen LogP contribution in [0.15, 0.2) is 65.8 Å². The maximum atomic E-state index is 13.0.